The summed E-state index contributed by atoms with van der Waals surface area (Å²) in [5.74, 6) is -0.292. The molecule has 2 atom stereocenters. The first-order valence-corrected chi connectivity index (χ1v) is 9.46. The van der Waals surface area contributed by atoms with E-state index in [2.05, 4.69) is 13.8 Å². The van der Waals surface area contributed by atoms with Crippen molar-refractivity contribution >= 4 is 28.9 Å². The molecule has 138 valence electrons. The SMILES string of the molecule is CCCCCCCCC(C)C1CC(=O)N(c2cc(N)cc(N)c2)C1=O. The van der Waals surface area contributed by atoms with E-state index in [9.17, 15) is 9.59 Å². The maximum atomic E-state index is 12.8. The van der Waals surface area contributed by atoms with Crippen LogP contribution in [-0.2, 0) is 9.59 Å². The number of anilines is 3. The van der Waals surface area contributed by atoms with E-state index in [1.165, 1.54) is 37.0 Å². The fourth-order valence-corrected chi connectivity index (χ4v) is 3.61. The van der Waals surface area contributed by atoms with E-state index in [4.69, 9.17) is 11.5 Å². The summed E-state index contributed by atoms with van der Waals surface area (Å²) in [5, 5.41) is 0. The number of amides is 2. The van der Waals surface area contributed by atoms with Crippen LogP contribution in [0.5, 0.6) is 0 Å². The fraction of sp³-hybridized carbons (Fsp3) is 0.600. The topological polar surface area (TPSA) is 89.4 Å². The second-order valence-corrected chi connectivity index (χ2v) is 7.27. The second kappa shape index (κ2) is 8.88. The standard InChI is InChI=1S/C20H31N3O2/c1-3-4-5-6-7-8-9-14(2)18-13-19(24)23(20(18)25)17-11-15(21)10-16(22)12-17/h10-12,14,18H,3-9,13,21-22H2,1-2H3. The van der Waals surface area contributed by atoms with E-state index in [1.54, 1.807) is 18.2 Å². The van der Waals surface area contributed by atoms with Gasteiger partial charge >= 0.3 is 0 Å². The molecule has 1 aromatic carbocycles. The second-order valence-electron chi connectivity index (χ2n) is 7.27. The maximum Gasteiger partial charge on any atom is 0.237 e. The Balaban J connectivity index is 1.93. The predicted octanol–water partition coefficient (Wildman–Crippen LogP) is 4.12. The number of hydrogen-bond donors (Lipinski definition) is 2. The van der Waals surface area contributed by atoms with Crippen molar-refractivity contribution in [3.63, 3.8) is 0 Å². The zero-order valence-corrected chi connectivity index (χ0v) is 15.5. The molecule has 4 N–H and O–H groups in total. The Bertz CT molecular complexity index is 595. The smallest absolute Gasteiger partial charge is 0.237 e. The minimum atomic E-state index is -0.231. The fourth-order valence-electron chi connectivity index (χ4n) is 3.61. The summed E-state index contributed by atoms with van der Waals surface area (Å²) in [4.78, 5) is 26.4. The summed E-state index contributed by atoms with van der Waals surface area (Å²) < 4.78 is 0. The molecule has 1 aliphatic rings. The molecule has 1 fully saturated rings. The van der Waals surface area contributed by atoms with Gasteiger partial charge in [0.1, 0.15) is 0 Å². The van der Waals surface area contributed by atoms with Gasteiger partial charge in [-0.25, -0.2) is 0 Å². The number of carbonyl (C=O) groups excluding carboxylic acids is 2. The summed E-state index contributed by atoms with van der Waals surface area (Å²) in [6.07, 6.45) is 8.68. The lowest BCUT2D eigenvalue weighted by Crippen LogP contribution is -2.32. The molecule has 0 saturated carbocycles. The Hall–Kier alpha value is -2.04. The largest absolute Gasteiger partial charge is 0.399 e. The number of benzene rings is 1. The van der Waals surface area contributed by atoms with Crippen LogP contribution in [0.15, 0.2) is 18.2 Å². The third kappa shape index (κ3) is 4.97. The average Bonchev–Trinajstić information content (AvgIpc) is 2.84. The van der Waals surface area contributed by atoms with Gasteiger partial charge in [0.2, 0.25) is 11.8 Å². The van der Waals surface area contributed by atoms with Gasteiger partial charge in [0, 0.05) is 17.8 Å². The Morgan fingerprint density at radius 3 is 2.28 bits per heavy atom. The molecule has 1 aromatic rings. The number of carbonyl (C=O) groups is 2. The van der Waals surface area contributed by atoms with Crippen molar-refractivity contribution in [1.82, 2.24) is 0 Å². The first-order chi connectivity index (χ1) is 11.9. The molecule has 2 amide bonds. The molecule has 1 aliphatic heterocycles. The van der Waals surface area contributed by atoms with Crippen molar-refractivity contribution in [3.05, 3.63) is 18.2 Å². The lowest BCUT2D eigenvalue weighted by molar-refractivity contribution is -0.122. The molecule has 2 rings (SSSR count). The Morgan fingerprint density at radius 2 is 1.64 bits per heavy atom. The van der Waals surface area contributed by atoms with Crippen LogP contribution in [-0.4, -0.2) is 11.8 Å². The lowest BCUT2D eigenvalue weighted by Gasteiger charge is -2.19. The minimum Gasteiger partial charge on any atom is -0.399 e. The molecule has 25 heavy (non-hydrogen) atoms. The highest BCUT2D eigenvalue weighted by Crippen LogP contribution is 2.34. The molecule has 1 heterocycles. The molecule has 2 unspecified atom stereocenters. The minimum absolute atomic E-state index is 0.117. The number of imide groups is 1. The number of nitrogens with two attached hydrogens (primary N) is 2. The molecular formula is C20H31N3O2. The van der Waals surface area contributed by atoms with Gasteiger partial charge in [0.25, 0.3) is 0 Å². The van der Waals surface area contributed by atoms with Crippen LogP contribution in [0.3, 0.4) is 0 Å². The molecule has 0 radical (unpaired) electrons. The van der Waals surface area contributed by atoms with Crippen LogP contribution in [0.1, 0.15) is 65.2 Å². The molecule has 0 bridgehead atoms. The maximum absolute atomic E-state index is 12.8. The molecule has 0 aromatic heterocycles. The van der Waals surface area contributed by atoms with E-state index in [1.807, 2.05) is 0 Å². The third-order valence-corrected chi connectivity index (χ3v) is 5.10. The van der Waals surface area contributed by atoms with Crippen LogP contribution < -0.4 is 16.4 Å². The zero-order chi connectivity index (χ0) is 18.4. The zero-order valence-electron chi connectivity index (χ0n) is 15.5. The van der Waals surface area contributed by atoms with Gasteiger partial charge in [0.15, 0.2) is 0 Å². The predicted molar refractivity (Wildman–Crippen MR) is 103 cm³/mol. The number of nitrogen functional groups attached to an aromatic ring is 2. The quantitative estimate of drug-likeness (QED) is 0.400. The molecule has 1 saturated heterocycles. The van der Waals surface area contributed by atoms with Gasteiger partial charge < -0.3 is 11.5 Å². The van der Waals surface area contributed by atoms with Gasteiger partial charge in [-0.05, 0) is 30.5 Å². The van der Waals surface area contributed by atoms with E-state index >= 15 is 0 Å². The van der Waals surface area contributed by atoms with Gasteiger partial charge in [0.05, 0.1) is 11.6 Å². The van der Waals surface area contributed by atoms with Gasteiger partial charge in [-0.15, -0.1) is 0 Å². The first-order valence-electron chi connectivity index (χ1n) is 9.46. The Labute approximate surface area is 150 Å². The first kappa shape index (κ1) is 19.3. The highest BCUT2D eigenvalue weighted by molar-refractivity contribution is 6.21. The Morgan fingerprint density at radius 1 is 1.04 bits per heavy atom. The molecular weight excluding hydrogens is 314 g/mol. The highest BCUT2D eigenvalue weighted by atomic mass is 16.2. The molecule has 0 spiro atoms. The summed E-state index contributed by atoms with van der Waals surface area (Å²) in [6, 6.07) is 4.88. The number of nitrogens with zero attached hydrogens (tertiary/aromatic N) is 1. The number of unbranched alkanes of at least 4 members (excludes halogenated alkanes) is 5. The van der Waals surface area contributed by atoms with Gasteiger partial charge in [-0.1, -0.05) is 52.4 Å². The van der Waals surface area contributed by atoms with Crippen LogP contribution >= 0.6 is 0 Å². The molecule has 0 aliphatic carbocycles. The molecule has 5 nitrogen and oxygen atoms in total. The van der Waals surface area contributed by atoms with Crippen molar-refractivity contribution in [2.24, 2.45) is 11.8 Å². The summed E-state index contributed by atoms with van der Waals surface area (Å²) in [5.41, 5.74) is 13.0. The van der Waals surface area contributed by atoms with Crippen LogP contribution in [0.2, 0.25) is 0 Å². The van der Waals surface area contributed by atoms with Crippen LogP contribution in [0.25, 0.3) is 0 Å². The number of hydrogen-bond acceptors (Lipinski definition) is 4. The Kier molecular flexibility index (Phi) is 6.85. The summed E-state index contributed by atoms with van der Waals surface area (Å²) in [6.45, 7) is 4.30. The monoisotopic (exact) mass is 345 g/mol. The van der Waals surface area contributed by atoms with Gasteiger partial charge in [-0.2, -0.15) is 0 Å². The van der Waals surface area contributed by atoms with Crippen molar-refractivity contribution in [2.75, 3.05) is 16.4 Å². The summed E-state index contributed by atoms with van der Waals surface area (Å²) >= 11 is 0. The average molecular weight is 345 g/mol. The van der Waals surface area contributed by atoms with Crippen molar-refractivity contribution in [1.29, 1.82) is 0 Å². The van der Waals surface area contributed by atoms with E-state index < -0.39 is 0 Å². The van der Waals surface area contributed by atoms with Crippen LogP contribution in [0.4, 0.5) is 17.1 Å². The highest BCUT2D eigenvalue weighted by Gasteiger charge is 2.42. The van der Waals surface area contributed by atoms with E-state index in [0.717, 1.165) is 12.8 Å². The molecule has 5 heteroatoms. The normalized spacial score (nSPS) is 18.8. The van der Waals surface area contributed by atoms with E-state index in [0.29, 0.717) is 17.1 Å². The van der Waals surface area contributed by atoms with Gasteiger partial charge in [-0.3, -0.25) is 14.5 Å². The van der Waals surface area contributed by atoms with E-state index in [-0.39, 0.29) is 30.1 Å². The van der Waals surface area contributed by atoms with Crippen molar-refractivity contribution in [3.8, 4) is 0 Å². The van der Waals surface area contributed by atoms with Crippen molar-refractivity contribution in [2.45, 2.75) is 65.2 Å². The third-order valence-electron chi connectivity index (χ3n) is 5.10. The van der Waals surface area contributed by atoms with Crippen molar-refractivity contribution < 1.29 is 9.59 Å². The number of rotatable bonds is 9. The summed E-state index contributed by atoms with van der Waals surface area (Å²) in [7, 11) is 0. The van der Waals surface area contributed by atoms with Crippen LogP contribution in [0, 0.1) is 11.8 Å². The lowest BCUT2D eigenvalue weighted by atomic mass is 9.88.